The second-order valence-electron chi connectivity index (χ2n) is 6.08. The fourth-order valence-electron chi connectivity index (χ4n) is 3.36. The van der Waals surface area contributed by atoms with Gasteiger partial charge in [0.25, 0.3) is 0 Å². The van der Waals surface area contributed by atoms with E-state index in [0.29, 0.717) is 25.2 Å². The van der Waals surface area contributed by atoms with Crippen molar-refractivity contribution in [1.29, 1.82) is 0 Å². The molecule has 0 aromatic heterocycles. The van der Waals surface area contributed by atoms with Crippen LogP contribution < -0.4 is 0 Å². The van der Waals surface area contributed by atoms with Crippen LogP contribution >= 0.6 is 0 Å². The molecule has 0 N–H and O–H groups in total. The molecule has 2 aromatic rings. The Hall–Kier alpha value is -2.27. The zero-order valence-electron chi connectivity index (χ0n) is 13.4. The number of carbonyl (C=O) groups is 1. The second kappa shape index (κ2) is 7.09. The number of likely N-dealkylation sites (tertiary alicyclic amines) is 1. The van der Waals surface area contributed by atoms with E-state index < -0.39 is 17.6 Å². The van der Waals surface area contributed by atoms with E-state index in [4.69, 9.17) is 4.74 Å². The second-order valence-corrected chi connectivity index (χ2v) is 6.08. The molecule has 0 aliphatic carbocycles. The number of halogens is 2. The van der Waals surface area contributed by atoms with Crippen LogP contribution in [0.4, 0.5) is 8.78 Å². The summed E-state index contributed by atoms with van der Waals surface area (Å²) < 4.78 is 32.3. The van der Waals surface area contributed by atoms with Crippen LogP contribution in [0, 0.1) is 17.6 Å². The molecule has 1 aliphatic rings. The van der Waals surface area contributed by atoms with Gasteiger partial charge < -0.3 is 4.74 Å². The van der Waals surface area contributed by atoms with Gasteiger partial charge in [0.15, 0.2) is 0 Å². The summed E-state index contributed by atoms with van der Waals surface area (Å²) in [5, 5.41) is 0. The highest BCUT2D eigenvalue weighted by Gasteiger charge is 2.40. The number of nitrogens with zero attached hydrogens (tertiary/aromatic N) is 1. The summed E-state index contributed by atoms with van der Waals surface area (Å²) in [5.74, 6) is -2.40. The first kappa shape index (κ1) is 16.6. The van der Waals surface area contributed by atoms with Crippen molar-refractivity contribution in [2.45, 2.75) is 12.5 Å². The van der Waals surface area contributed by atoms with Crippen molar-refractivity contribution in [3.8, 4) is 0 Å². The molecule has 0 radical (unpaired) electrons. The molecule has 0 unspecified atom stereocenters. The van der Waals surface area contributed by atoms with Crippen LogP contribution in [-0.4, -0.2) is 31.1 Å². The van der Waals surface area contributed by atoms with E-state index >= 15 is 0 Å². The van der Waals surface area contributed by atoms with Gasteiger partial charge in [-0.3, -0.25) is 9.69 Å². The molecule has 1 fully saturated rings. The Labute approximate surface area is 139 Å². The summed E-state index contributed by atoms with van der Waals surface area (Å²) in [6.45, 7) is 1.69. The van der Waals surface area contributed by atoms with Gasteiger partial charge in [0.05, 0.1) is 13.0 Å². The molecule has 1 aliphatic heterocycles. The Morgan fingerprint density at radius 3 is 2.58 bits per heavy atom. The fraction of sp³-hybridized carbons (Fsp3) is 0.316. The summed E-state index contributed by atoms with van der Waals surface area (Å²) in [6.07, 6.45) is 0. The molecule has 1 saturated heterocycles. The Balaban J connectivity index is 1.84. The minimum absolute atomic E-state index is 0.346. The third kappa shape index (κ3) is 3.46. The van der Waals surface area contributed by atoms with E-state index in [0.717, 1.165) is 11.6 Å². The van der Waals surface area contributed by atoms with Crippen molar-refractivity contribution in [2.24, 2.45) is 5.92 Å². The zero-order chi connectivity index (χ0) is 17.1. The molecular weight excluding hydrogens is 312 g/mol. The number of carbonyl (C=O) groups excluding carboxylic acids is 1. The number of hydrogen-bond donors (Lipinski definition) is 0. The van der Waals surface area contributed by atoms with Crippen molar-refractivity contribution in [1.82, 2.24) is 4.90 Å². The molecule has 5 heteroatoms. The standard InChI is InChI=1S/C19H19F2NO2/c1-24-19(23)17-12-22(10-13-5-3-2-4-6-13)11-16(17)15-8-7-14(20)9-18(15)21/h2-9,16-17H,10-12H2,1H3/t16-,17+/m0/s1. The molecule has 3 nitrogen and oxygen atoms in total. The lowest BCUT2D eigenvalue weighted by Crippen LogP contribution is -2.24. The molecule has 0 spiro atoms. The quantitative estimate of drug-likeness (QED) is 0.805. The van der Waals surface area contributed by atoms with Gasteiger partial charge in [0, 0.05) is 31.6 Å². The smallest absolute Gasteiger partial charge is 0.310 e. The molecule has 3 rings (SSSR count). The minimum Gasteiger partial charge on any atom is -0.469 e. The third-order valence-electron chi connectivity index (χ3n) is 4.51. The van der Waals surface area contributed by atoms with Crippen LogP contribution in [0.2, 0.25) is 0 Å². The van der Waals surface area contributed by atoms with E-state index in [1.807, 2.05) is 30.3 Å². The van der Waals surface area contributed by atoms with E-state index in [-0.39, 0.29) is 11.9 Å². The number of esters is 1. The zero-order valence-corrected chi connectivity index (χ0v) is 13.4. The predicted molar refractivity (Wildman–Crippen MR) is 86.3 cm³/mol. The van der Waals surface area contributed by atoms with Crippen molar-refractivity contribution < 1.29 is 18.3 Å². The Bertz CT molecular complexity index is 721. The maximum atomic E-state index is 14.2. The van der Waals surface area contributed by atoms with E-state index in [2.05, 4.69) is 4.90 Å². The highest BCUT2D eigenvalue weighted by atomic mass is 19.1. The van der Waals surface area contributed by atoms with Crippen LogP contribution in [0.15, 0.2) is 48.5 Å². The summed E-state index contributed by atoms with van der Waals surface area (Å²) in [6, 6.07) is 13.4. The summed E-state index contributed by atoms with van der Waals surface area (Å²) in [7, 11) is 1.33. The van der Waals surface area contributed by atoms with Gasteiger partial charge in [-0.15, -0.1) is 0 Å². The average molecular weight is 331 g/mol. The Morgan fingerprint density at radius 2 is 1.92 bits per heavy atom. The largest absolute Gasteiger partial charge is 0.469 e. The van der Waals surface area contributed by atoms with Gasteiger partial charge in [-0.25, -0.2) is 8.78 Å². The summed E-state index contributed by atoms with van der Waals surface area (Å²) in [5.41, 5.74) is 1.49. The van der Waals surface area contributed by atoms with Gasteiger partial charge in [-0.2, -0.15) is 0 Å². The first-order valence-corrected chi connectivity index (χ1v) is 7.87. The molecule has 24 heavy (non-hydrogen) atoms. The van der Waals surface area contributed by atoms with Crippen molar-refractivity contribution in [3.63, 3.8) is 0 Å². The molecule has 2 aromatic carbocycles. The SMILES string of the molecule is COC(=O)[C@@H]1CN(Cc2ccccc2)C[C@H]1c1ccc(F)cc1F. The monoisotopic (exact) mass is 331 g/mol. The Morgan fingerprint density at radius 1 is 1.17 bits per heavy atom. The third-order valence-corrected chi connectivity index (χ3v) is 4.51. The first-order valence-electron chi connectivity index (χ1n) is 7.87. The average Bonchev–Trinajstić information content (AvgIpc) is 2.98. The van der Waals surface area contributed by atoms with E-state index in [1.54, 1.807) is 0 Å². The highest BCUT2D eigenvalue weighted by molar-refractivity contribution is 5.74. The first-order chi connectivity index (χ1) is 11.6. The molecule has 126 valence electrons. The van der Waals surface area contributed by atoms with Crippen LogP contribution in [0.5, 0.6) is 0 Å². The van der Waals surface area contributed by atoms with Crippen molar-refractivity contribution >= 4 is 5.97 Å². The molecule has 0 bridgehead atoms. The van der Waals surface area contributed by atoms with Gasteiger partial charge in [0.2, 0.25) is 0 Å². The van der Waals surface area contributed by atoms with E-state index in [9.17, 15) is 13.6 Å². The topological polar surface area (TPSA) is 29.5 Å². The molecular formula is C19H19F2NO2. The maximum absolute atomic E-state index is 14.2. The van der Waals surface area contributed by atoms with Crippen LogP contribution in [0.25, 0.3) is 0 Å². The number of rotatable bonds is 4. The van der Waals surface area contributed by atoms with E-state index in [1.165, 1.54) is 19.2 Å². The Kier molecular flexibility index (Phi) is 4.90. The van der Waals surface area contributed by atoms with Gasteiger partial charge >= 0.3 is 5.97 Å². The maximum Gasteiger partial charge on any atom is 0.310 e. The molecule has 0 saturated carbocycles. The van der Waals surface area contributed by atoms with Gasteiger partial charge in [0.1, 0.15) is 11.6 Å². The molecule has 2 atom stereocenters. The summed E-state index contributed by atoms with van der Waals surface area (Å²) in [4.78, 5) is 14.2. The lowest BCUT2D eigenvalue weighted by Gasteiger charge is -2.17. The lowest BCUT2D eigenvalue weighted by molar-refractivity contribution is -0.145. The van der Waals surface area contributed by atoms with Crippen molar-refractivity contribution in [2.75, 3.05) is 20.2 Å². The van der Waals surface area contributed by atoms with Gasteiger partial charge in [-0.05, 0) is 17.2 Å². The number of hydrogen-bond acceptors (Lipinski definition) is 3. The number of methoxy groups -OCH3 is 1. The van der Waals surface area contributed by atoms with Gasteiger partial charge in [-0.1, -0.05) is 36.4 Å². The fourth-order valence-corrected chi connectivity index (χ4v) is 3.36. The minimum atomic E-state index is -0.620. The van der Waals surface area contributed by atoms with Crippen LogP contribution in [0.1, 0.15) is 17.0 Å². The van der Waals surface area contributed by atoms with Crippen LogP contribution in [-0.2, 0) is 16.1 Å². The molecule has 1 heterocycles. The summed E-state index contributed by atoms with van der Waals surface area (Å²) >= 11 is 0. The predicted octanol–water partition coefficient (Wildman–Crippen LogP) is 3.35. The number of ether oxygens (including phenoxy) is 1. The number of benzene rings is 2. The lowest BCUT2D eigenvalue weighted by atomic mass is 9.88. The van der Waals surface area contributed by atoms with Crippen molar-refractivity contribution in [3.05, 3.63) is 71.3 Å². The highest BCUT2D eigenvalue weighted by Crippen LogP contribution is 2.35. The molecule has 0 amide bonds. The van der Waals surface area contributed by atoms with Crippen LogP contribution in [0.3, 0.4) is 0 Å². The normalized spacial score (nSPS) is 21.0.